The van der Waals surface area contributed by atoms with Gasteiger partial charge < -0.3 is 12.9 Å². The summed E-state index contributed by atoms with van der Waals surface area (Å²) < 4.78 is 49.2. The maximum absolute atomic E-state index is 12.5. The molecule has 1 aliphatic carbocycles. The second-order valence-electron chi connectivity index (χ2n) is 3.68. The monoisotopic (exact) mass is 203 g/mol. The largest absolute Gasteiger partial charge is 0.481 e. The van der Waals surface area contributed by atoms with Gasteiger partial charge in [0.25, 0.3) is 0 Å². The van der Waals surface area contributed by atoms with Crippen LogP contribution in [0.3, 0.4) is 0 Å². The lowest BCUT2D eigenvalue weighted by molar-refractivity contribution is 0.463. The van der Waals surface area contributed by atoms with Crippen LogP contribution in [0.1, 0.15) is 17.9 Å². The Morgan fingerprint density at radius 1 is 1.07 bits per heavy atom. The maximum atomic E-state index is 12.5. The fraction of sp³-hybridized carbons (Fsp3) is 0.333. The molecule has 0 nitrogen and oxygen atoms in total. The Bertz CT molecular complexity index is 330. The fourth-order valence-corrected chi connectivity index (χ4v) is 1.73. The van der Waals surface area contributed by atoms with Gasteiger partial charge in [0, 0.05) is 0 Å². The zero-order valence-electron chi connectivity index (χ0n) is 7.26. The lowest BCUT2D eigenvalue weighted by Crippen LogP contribution is -2.15. The molecule has 5 heteroatoms. The van der Waals surface area contributed by atoms with Gasteiger partial charge in [-0.25, -0.2) is 4.39 Å². The third kappa shape index (κ3) is 1.76. The van der Waals surface area contributed by atoms with E-state index in [1.165, 1.54) is 24.3 Å². The third-order valence-electron chi connectivity index (χ3n) is 2.62. The van der Waals surface area contributed by atoms with Crippen LogP contribution in [0.15, 0.2) is 24.3 Å². The molecule has 1 aromatic carbocycles. The second-order valence-corrected chi connectivity index (χ2v) is 3.68. The van der Waals surface area contributed by atoms with Gasteiger partial charge in [-0.15, -0.1) is 0 Å². The molecular weight excluding hydrogens is 195 g/mol. The van der Waals surface area contributed by atoms with Gasteiger partial charge in [0.2, 0.25) is 0 Å². The van der Waals surface area contributed by atoms with Gasteiger partial charge in [0.15, 0.2) is 0 Å². The molecule has 1 aliphatic rings. The summed E-state index contributed by atoms with van der Waals surface area (Å²) in [6, 6.07) is 5.27. The number of hydrogen-bond donors (Lipinski definition) is 0. The highest BCUT2D eigenvalue weighted by molar-refractivity contribution is 6.61. The summed E-state index contributed by atoms with van der Waals surface area (Å²) in [6.45, 7) is -4.73. The van der Waals surface area contributed by atoms with E-state index in [2.05, 4.69) is 0 Å². The van der Waals surface area contributed by atoms with E-state index in [0.29, 0.717) is 5.56 Å². The fourth-order valence-electron chi connectivity index (χ4n) is 1.73. The van der Waals surface area contributed by atoms with Crippen LogP contribution in [0, 0.1) is 5.82 Å². The molecular formula is C9H8BF4-. The minimum Gasteiger partial charge on any atom is -0.449 e. The van der Waals surface area contributed by atoms with Crippen molar-refractivity contribution < 1.29 is 17.3 Å². The van der Waals surface area contributed by atoms with Gasteiger partial charge in [-0.05, 0) is 23.6 Å². The Labute approximate surface area is 79.0 Å². The summed E-state index contributed by atoms with van der Waals surface area (Å²) >= 11 is 0. The van der Waals surface area contributed by atoms with Crippen LogP contribution < -0.4 is 0 Å². The summed E-state index contributed by atoms with van der Waals surface area (Å²) in [6.07, 6.45) is 0.162. The van der Waals surface area contributed by atoms with Crippen molar-refractivity contribution >= 4 is 6.98 Å². The second kappa shape index (κ2) is 3.00. The minimum atomic E-state index is -4.73. The Morgan fingerprint density at radius 3 is 2.07 bits per heavy atom. The average molecular weight is 203 g/mol. The molecule has 1 fully saturated rings. The van der Waals surface area contributed by atoms with E-state index in [0.717, 1.165) is 0 Å². The summed E-state index contributed by atoms with van der Waals surface area (Å²) in [4.78, 5) is 0. The van der Waals surface area contributed by atoms with Crippen molar-refractivity contribution in [3.05, 3.63) is 35.6 Å². The van der Waals surface area contributed by atoms with Crippen LogP contribution in [0.5, 0.6) is 0 Å². The third-order valence-corrected chi connectivity index (χ3v) is 2.62. The Hall–Kier alpha value is -0.995. The molecule has 1 saturated carbocycles. The predicted molar refractivity (Wildman–Crippen MR) is 46.6 cm³/mol. The molecule has 0 radical (unpaired) electrons. The van der Waals surface area contributed by atoms with Gasteiger partial charge in [-0.1, -0.05) is 24.4 Å². The van der Waals surface area contributed by atoms with Crippen molar-refractivity contribution in [1.82, 2.24) is 0 Å². The molecule has 2 rings (SSSR count). The van der Waals surface area contributed by atoms with E-state index in [1.54, 1.807) is 0 Å². The average Bonchev–Trinajstić information content (AvgIpc) is 2.83. The number of rotatable bonds is 2. The van der Waals surface area contributed by atoms with E-state index in [9.17, 15) is 17.3 Å². The zero-order valence-corrected chi connectivity index (χ0v) is 7.26. The van der Waals surface area contributed by atoms with Crippen molar-refractivity contribution in [2.75, 3.05) is 0 Å². The van der Waals surface area contributed by atoms with E-state index in [1.807, 2.05) is 0 Å². The Morgan fingerprint density at radius 2 is 1.64 bits per heavy atom. The topological polar surface area (TPSA) is 0 Å². The zero-order chi connectivity index (χ0) is 10.3. The first kappa shape index (κ1) is 9.56. The Kier molecular flexibility index (Phi) is 2.05. The van der Waals surface area contributed by atoms with Gasteiger partial charge in [0.1, 0.15) is 5.82 Å². The number of benzene rings is 1. The van der Waals surface area contributed by atoms with Crippen LogP contribution in [0.25, 0.3) is 0 Å². The predicted octanol–water partition coefficient (Wildman–Crippen LogP) is 3.53. The van der Waals surface area contributed by atoms with Gasteiger partial charge in [-0.3, -0.25) is 0 Å². The first-order valence-corrected chi connectivity index (χ1v) is 4.44. The van der Waals surface area contributed by atoms with Crippen molar-refractivity contribution in [2.45, 2.75) is 18.2 Å². The lowest BCUT2D eigenvalue weighted by Gasteiger charge is -2.12. The van der Waals surface area contributed by atoms with Gasteiger partial charge in [-0.2, -0.15) is 0 Å². The highest BCUT2D eigenvalue weighted by Gasteiger charge is 2.51. The summed E-state index contributed by atoms with van der Waals surface area (Å²) in [5.74, 6) is -2.01. The van der Waals surface area contributed by atoms with Crippen LogP contribution in [-0.4, -0.2) is 6.98 Å². The van der Waals surface area contributed by atoms with Crippen molar-refractivity contribution in [1.29, 1.82) is 0 Å². The standard InChI is InChI=1S/C9H8BF4/c11-7-3-1-6(2-4-7)8-5-9(8)10(12,13)14/h1-4,8-9H,5H2/q-1/t8-,9+/m0/s1. The minimum absolute atomic E-state index is 0.162. The molecule has 0 unspecified atom stereocenters. The van der Waals surface area contributed by atoms with Crippen LogP contribution in [0.4, 0.5) is 17.3 Å². The highest BCUT2D eigenvalue weighted by atomic mass is 19.4. The smallest absolute Gasteiger partial charge is 0.449 e. The van der Waals surface area contributed by atoms with E-state index < -0.39 is 24.5 Å². The number of halogens is 4. The molecule has 0 aromatic heterocycles. The van der Waals surface area contributed by atoms with Crippen LogP contribution in [-0.2, 0) is 0 Å². The molecule has 2 atom stereocenters. The van der Waals surface area contributed by atoms with Crippen LogP contribution >= 0.6 is 0 Å². The van der Waals surface area contributed by atoms with E-state index >= 15 is 0 Å². The Balaban J connectivity index is 2.10. The quantitative estimate of drug-likeness (QED) is 0.509. The molecule has 0 saturated heterocycles. The molecule has 1 aromatic rings. The molecule has 0 heterocycles. The number of hydrogen-bond acceptors (Lipinski definition) is 0. The van der Waals surface area contributed by atoms with Crippen molar-refractivity contribution in [2.24, 2.45) is 0 Å². The molecule has 76 valence electrons. The normalized spacial score (nSPS) is 26.3. The summed E-state index contributed by atoms with van der Waals surface area (Å²) in [5, 5.41) is 0. The molecule has 0 amide bonds. The van der Waals surface area contributed by atoms with Crippen LogP contribution in [0.2, 0.25) is 5.82 Å². The van der Waals surface area contributed by atoms with Gasteiger partial charge >= 0.3 is 6.98 Å². The maximum Gasteiger partial charge on any atom is 0.481 e. The molecule has 14 heavy (non-hydrogen) atoms. The SMILES string of the molecule is Fc1ccc([C@@H]2C[C@H]2[B-](F)(F)F)cc1. The lowest BCUT2D eigenvalue weighted by atomic mass is 9.81. The summed E-state index contributed by atoms with van der Waals surface area (Å²) in [5.41, 5.74) is 0.593. The van der Waals surface area contributed by atoms with E-state index in [4.69, 9.17) is 0 Å². The molecule has 0 N–H and O–H groups in total. The van der Waals surface area contributed by atoms with Crippen molar-refractivity contribution in [3.63, 3.8) is 0 Å². The molecule has 0 spiro atoms. The highest BCUT2D eigenvalue weighted by Crippen LogP contribution is 2.59. The van der Waals surface area contributed by atoms with Gasteiger partial charge in [0.05, 0.1) is 0 Å². The van der Waals surface area contributed by atoms with Crippen molar-refractivity contribution in [3.8, 4) is 0 Å². The first-order valence-electron chi connectivity index (χ1n) is 4.44. The first-order chi connectivity index (χ1) is 6.48. The molecule has 0 aliphatic heterocycles. The summed E-state index contributed by atoms with van der Waals surface area (Å²) in [7, 11) is 0. The van der Waals surface area contributed by atoms with E-state index in [-0.39, 0.29) is 6.42 Å². The molecule has 0 bridgehead atoms.